The van der Waals surface area contributed by atoms with E-state index in [0.717, 1.165) is 10.0 Å². The molecule has 2 rings (SSSR count). The highest BCUT2D eigenvalue weighted by atomic mass is 79.9. The van der Waals surface area contributed by atoms with Crippen molar-refractivity contribution >= 4 is 27.8 Å². The normalized spacial score (nSPS) is 10.9. The maximum absolute atomic E-state index is 11.8. The second-order valence-corrected chi connectivity index (χ2v) is 4.45. The molecular formula is C13H11BrN2O. The van der Waals surface area contributed by atoms with E-state index in [1.165, 1.54) is 6.08 Å². The molecule has 1 heterocycles. The quantitative estimate of drug-likeness (QED) is 0.643. The van der Waals surface area contributed by atoms with Crippen LogP contribution in [0.4, 0.5) is 0 Å². The highest BCUT2D eigenvalue weighted by Crippen LogP contribution is 2.17. The molecule has 4 heteroatoms. The minimum atomic E-state index is -0.0960. The Morgan fingerprint density at radius 3 is 2.76 bits per heavy atom. The standard InChI is InChI=1S/C13H11BrN2O/c1-16-9-8-12(15-16)13(17)7-6-10-4-2-3-5-11(10)14/h2-9H,1H3/b7-6+. The van der Waals surface area contributed by atoms with Gasteiger partial charge in [0.05, 0.1) is 0 Å². The van der Waals surface area contributed by atoms with Gasteiger partial charge in [-0.25, -0.2) is 0 Å². The summed E-state index contributed by atoms with van der Waals surface area (Å²) in [7, 11) is 1.79. The number of nitrogens with zero attached hydrogens (tertiary/aromatic N) is 2. The third-order valence-corrected chi connectivity index (χ3v) is 3.01. The van der Waals surface area contributed by atoms with Crippen molar-refractivity contribution in [2.75, 3.05) is 0 Å². The molecule has 0 atom stereocenters. The molecule has 0 bridgehead atoms. The topological polar surface area (TPSA) is 34.9 Å². The fraction of sp³-hybridized carbons (Fsp3) is 0.0769. The molecule has 86 valence electrons. The van der Waals surface area contributed by atoms with Crippen molar-refractivity contribution in [3.05, 3.63) is 58.3 Å². The van der Waals surface area contributed by atoms with Crippen LogP contribution in [0.25, 0.3) is 6.08 Å². The van der Waals surface area contributed by atoms with Gasteiger partial charge in [-0.2, -0.15) is 5.10 Å². The number of aromatic nitrogens is 2. The second-order valence-electron chi connectivity index (χ2n) is 3.59. The van der Waals surface area contributed by atoms with Crippen molar-refractivity contribution in [1.29, 1.82) is 0 Å². The smallest absolute Gasteiger partial charge is 0.206 e. The molecule has 0 amide bonds. The number of hydrogen-bond acceptors (Lipinski definition) is 2. The predicted molar refractivity (Wildman–Crippen MR) is 70.7 cm³/mol. The number of rotatable bonds is 3. The number of allylic oxidation sites excluding steroid dienone is 1. The van der Waals surface area contributed by atoms with Crippen LogP contribution in [-0.4, -0.2) is 15.6 Å². The van der Waals surface area contributed by atoms with E-state index in [1.54, 1.807) is 30.1 Å². The fourth-order valence-corrected chi connectivity index (χ4v) is 1.82. The summed E-state index contributed by atoms with van der Waals surface area (Å²) < 4.78 is 2.57. The summed E-state index contributed by atoms with van der Waals surface area (Å²) >= 11 is 3.42. The molecule has 17 heavy (non-hydrogen) atoms. The first kappa shape index (κ1) is 11.8. The van der Waals surface area contributed by atoms with E-state index in [9.17, 15) is 4.79 Å². The van der Waals surface area contributed by atoms with Gasteiger partial charge in [0.1, 0.15) is 5.69 Å². The highest BCUT2D eigenvalue weighted by Gasteiger charge is 2.04. The van der Waals surface area contributed by atoms with Crippen molar-refractivity contribution in [2.24, 2.45) is 7.05 Å². The molecule has 1 aromatic heterocycles. The summed E-state index contributed by atoms with van der Waals surface area (Å²) in [6.07, 6.45) is 5.06. The van der Waals surface area contributed by atoms with Crippen LogP contribution < -0.4 is 0 Å². The van der Waals surface area contributed by atoms with Crippen LogP contribution >= 0.6 is 15.9 Å². The molecule has 0 aliphatic heterocycles. The van der Waals surface area contributed by atoms with Gasteiger partial charge in [0.15, 0.2) is 0 Å². The summed E-state index contributed by atoms with van der Waals surface area (Å²) in [5, 5.41) is 4.05. The van der Waals surface area contributed by atoms with Gasteiger partial charge in [0, 0.05) is 17.7 Å². The zero-order valence-corrected chi connectivity index (χ0v) is 10.9. The molecule has 0 unspecified atom stereocenters. The number of halogens is 1. The van der Waals surface area contributed by atoms with Gasteiger partial charge in [0.25, 0.3) is 0 Å². The lowest BCUT2D eigenvalue weighted by atomic mass is 10.2. The number of carbonyl (C=O) groups is 1. The minimum absolute atomic E-state index is 0.0960. The first-order chi connectivity index (χ1) is 8.16. The van der Waals surface area contributed by atoms with Crippen LogP contribution in [0.3, 0.4) is 0 Å². The lowest BCUT2D eigenvalue weighted by Gasteiger charge is -1.96. The van der Waals surface area contributed by atoms with Gasteiger partial charge in [-0.3, -0.25) is 9.48 Å². The van der Waals surface area contributed by atoms with E-state index >= 15 is 0 Å². The van der Waals surface area contributed by atoms with Crippen LogP contribution in [-0.2, 0) is 7.05 Å². The number of ketones is 1. The highest BCUT2D eigenvalue weighted by molar-refractivity contribution is 9.10. The molecule has 0 fully saturated rings. The molecule has 0 spiro atoms. The monoisotopic (exact) mass is 290 g/mol. The molecule has 0 saturated heterocycles. The zero-order valence-electron chi connectivity index (χ0n) is 9.30. The third kappa shape index (κ3) is 2.91. The number of benzene rings is 1. The largest absolute Gasteiger partial charge is 0.287 e. The van der Waals surface area contributed by atoms with Crippen molar-refractivity contribution in [2.45, 2.75) is 0 Å². The molecule has 0 radical (unpaired) electrons. The Morgan fingerprint density at radius 1 is 1.35 bits per heavy atom. The Labute approximate surface area is 108 Å². The molecule has 1 aromatic carbocycles. The summed E-state index contributed by atoms with van der Waals surface area (Å²) in [5.41, 5.74) is 1.42. The first-order valence-corrected chi connectivity index (χ1v) is 5.93. The third-order valence-electron chi connectivity index (χ3n) is 2.29. The maximum atomic E-state index is 11.8. The summed E-state index contributed by atoms with van der Waals surface area (Å²) in [6, 6.07) is 9.43. The number of hydrogen-bond donors (Lipinski definition) is 0. The van der Waals surface area contributed by atoms with E-state index in [1.807, 2.05) is 24.3 Å². The molecule has 3 nitrogen and oxygen atoms in total. The summed E-state index contributed by atoms with van der Waals surface area (Å²) in [5.74, 6) is -0.0960. The molecule has 0 saturated carbocycles. The minimum Gasteiger partial charge on any atom is -0.287 e. The van der Waals surface area contributed by atoms with Crippen LogP contribution in [0.5, 0.6) is 0 Å². The Balaban J connectivity index is 2.17. The summed E-state index contributed by atoms with van der Waals surface area (Å²) in [6.45, 7) is 0. The van der Waals surface area contributed by atoms with Gasteiger partial charge < -0.3 is 0 Å². The van der Waals surface area contributed by atoms with Gasteiger partial charge in [-0.05, 0) is 29.8 Å². The Bertz CT molecular complexity index is 572. The molecule has 0 aliphatic rings. The van der Waals surface area contributed by atoms with Crippen LogP contribution in [0.1, 0.15) is 16.1 Å². The van der Waals surface area contributed by atoms with Crippen molar-refractivity contribution in [3.63, 3.8) is 0 Å². The number of carbonyl (C=O) groups excluding carboxylic acids is 1. The van der Waals surface area contributed by atoms with E-state index < -0.39 is 0 Å². The molecule has 2 aromatic rings. The SMILES string of the molecule is Cn1ccc(C(=O)/C=C/c2ccccc2Br)n1. The van der Waals surface area contributed by atoms with Crippen molar-refractivity contribution in [3.8, 4) is 0 Å². The van der Waals surface area contributed by atoms with Gasteiger partial charge in [0.2, 0.25) is 5.78 Å². The van der Waals surface area contributed by atoms with Crippen molar-refractivity contribution < 1.29 is 4.79 Å². The zero-order chi connectivity index (χ0) is 12.3. The van der Waals surface area contributed by atoms with E-state index in [4.69, 9.17) is 0 Å². The summed E-state index contributed by atoms with van der Waals surface area (Å²) in [4.78, 5) is 11.8. The van der Waals surface area contributed by atoms with E-state index in [0.29, 0.717) is 5.69 Å². The van der Waals surface area contributed by atoms with Crippen LogP contribution in [0, 0.1) is 0 Å². The second kappa shape index (κ2) is 5.10. The van der Waals surface area contributed by atoms with Crippen molar-refractivity contribution in [1.82, 2.24) is 9.78 Å². The lowest BCUT2D eigenvalue weighted by molar-refractivity contribution is 0.104. The van der Waals surface area contributed by atoms with Crippen LogP contribution in [0.15, 0.2) is 47.1 Å². The predicted octanol–water partition coefficient (Wildman–Crippen LogP) is 3.08. The van der Waals surface area contributed by atoms with E-state index in [2.05, 4.69) is 21.0 Å². The average Bonchev–Trinajstić information content (AvgIpc) is 2.74. The molecular weight excluding hydrogens is 280 g/mol. The Morgan fingerprint density at radius 2 is 2.12 bits per heavy atom. The Kier molecular flexibility index (Phi) is 3.54. The Hall–Kier alpha value is -1.68. The van der Waals surface area contributed by atoms with Gasteiger partial charge in [-0.15, -0.1) is 0 Å². The van der Waals surface area contributed by atoms with Gasteiger partial charge in [-0.1, -0.05) is 34.1 Å². The first-order valence-electron chi connectivity index (χ1n) is 5.13. The number of aryl methyl sites for hydroxylation is 1. The average molecular weight is 291 g/mol. The lowest BCUT2D eigenvalue weighted by Crippen LogP contribution is -1.97. The molecule has 0 N–H and O–H groups in total. The fourth-order valence-electron chi connectivity index (χ4n) is 1.41. The maximum Gasteiger partial charge on any atom is 0.206 e. The van der Waals surface area contributed by atoms with Crippen LogP contribution in [0.2, 0.25) is 0 Å². The van der Waals surface area contributed by atoms with E-state index in [-0.39, 0.29) is 5.78 Å². The van der Waals surface area contributed by atoms with Gasteiger partial charge >= 0.3 is 0 Å². The molecule has 0 aliphatic carbocycles.